The molecule has 1 aromatic heterocycles. The van der Waals surface area contributed by atoms with E-state index in [1.807, 2.05) is 6.20 Å². The van der Waals surface area contributed by atoms with Gasteiger partial charge in [0.05, 0.1) is 6.20 Å². The summed E-state index contributed by atoms with van der Waals surface area (Å²) in [5.41, 5.74) is 5.02. The van der Waals surface area contributed by atoms with Crippen LogP contribution in [0.15, 0.2) is 30.5 Å². The second kappa shape index (κ2) is 8.85. The Hall–Kier alpha value is -1.92. The van der Waals surface area contributed by atoms with Gasteiger partial charge in [-0.25, -0.2) is 0 Å². The molecule has 0 saturated carbocycles. The average molecular weight is 386 g/mol. The van der Waals surface area contributed by atoms with Crippen molar-refractivity contribution in [1.29, 1.82) is 0 Å². The molecule has 1 saturated heterocycles. The van der Waals surface area contributed by atoms with Gasteiger partial charge in [0.2, 0.25) is 0 Å². The maximum absolute atomic E-state index is 5.63. The molecule has 2 aromatic rings. The molecule has 1 fully saturated rings. The molecular weight excluding hydrogens is 354 g/mol. The zero-order valence-electron chi connectivity index (χ0n) is 16.9. The van der Waals surface area contributed by atoms with E-state index in [1.165, 1.54) is 16.8 Å². The van der Waals surface area contributed by atoms with E-state index in [-0.39, 0.29) is 0 Å². The number of benzene rings is 1. The highest BCUT2D eigenvalue weighted by atomic mass is 32.1. The summed E-state index contributed by atoms with van der Waals surface area (Å²) in [5.74, 6) is 0.548. The van der Waals surface area contributed by atoms with Crippen molar-refractivity contribution >= 4 is 23.0 Å². The minimum Gasteiger partial charge on any atom is -0.346 e. The lowest BCUT2D eigenvalue weighted by atomic mass is 10.0. The average Bonchev–Trinajstić information content (AvgIpc) is 3.02. The zero-order valence-corrected chi connectivity index (χ0v) is 17.7. The summed E-state index contributed by atoms with van der Waals surface area (Å²) in [5, 5.41) is 8.66. The van der Waals surface area contributed by atoms with Crippen molar-refractivity contribution < 1.29 is 0 Å². The number of nitrogens with zero attached hydrogens (tertiary/aromatic N) is 4. The van der Waals surface area contributed by atoms with Crippen LogP contribution in [0.3, 0.4) is 0 Å². The van der Waals surface area contributed by atoms with Gasteiger partial charge in [0.15, 0.2) is 5.11 Å². The monoisotopic (exact) mass is 385 g/mol. The quantitative estimate of drug-likeness (QED) is 0.791. The number of hydrogen-bond donors (Lipinski definition) is 1. The maximum atomic E-state index is 5.63. The Morgan fingerprint density at radius 2 is 1.81 bits per heavy atom. The molecule has 0 radical (unpaired) electrons. The first kappa shape index (κ1) is 19.8. The highest BCUT2D eigenvalue weighted by Crippen LogP contribution is 2.18. The molecule has 0 spiro atoms. The highest BCUT2D eigenvalue weighted by molar-refractivity contribution is 7.80. The molecule has 1 aromatic carbocycles. The Morgan fingerprint density at radius 1 is 1.15 bits per heavy atom. The third-order valence-corrected chi connectivity index (χ3v) is 5.75. The number of piperazine rings is 1. The second-order valence-corrected chi connectivity index (χ2v) is 7.93. The summed E-state index contributed by atoms with van der Waals surface area (Å²) >= 11 is 5.63. The van der Waals surface area contributed by atoms with Crippen molar-refractivity contribution in [1.82, 2.24) is 19.6 Å². The minimum absolute atomic E-state index is 0.548. The lowest BCUT2D eigenvalue weighted by Crippen LogP contribution is -2.49. The summed E-state index contributed by atoms with van der Waals surface area (Å²) in [4.78, 5) is 4.76. The molecule has 0 amide bonds. The molecule has 1 aliphatic rings. The molecule has 0 atom stereocenters. The molecule has 6 heteroatoms. The van der Waals surface area contributed by atoms with Gasteiger partial charge < -0.3 is 10.2 Å². The summed E-state index contributed by atoms with van der Waals surface area (Å²) in [6.07, 6.45) is 2.01. The van der Waals surface area contributed by atoms with Crippen molar-refractivity contribution in [3.63, 3.8) is 0 Å². The largest absolute Gasteiger partial charge is 0.346 e. The van der Waals surface area contributed by atoms with E-state index in [1.54, 1.807) is 0 Å². The van der Waals surface area contributed by atoms with Crippen molar-refractivity contribution in [2.75, 3.05) is 31.5 Å². The lowest BCUT2D eigenvalue weighted by molar-refractivity contribution is 0.176. The highest BCUT2D eigenvalue weighted by Gasteiger charge is 2.20. The Kier molecular flexibility index (Phi) is 6.50. The Labute approximate surface area is 168 Å². The van der Waals surface area contributed by atoms with Gasteiger partial charge in [0.1, 0.15) is 0 Å². The first-order chi connectivity index (χ1) is 13.0. The SMILES string of the molecule is CCn1ncc(CN2CCN(C(=S)Nc3ccc(C(C)C)cc3)CC2)c1C. The van der Waals surface area contributed by atoms with E-state index in [2.05, 4.69) is 76.9 Å². The predicted octanol–water partition coefficient (Wildman–Crippen LogP) is 3.85. The van der Waals surface area contributed by atoms with Crippen molar-refractivity contribution in [3.05, 3.63) is 47.3 Å². The van der Waals surface area contributed by atoms with Crippen LogP contribution in [-0.4, -0.2) is 50.9 Å². The van der Waals surface area contributed by atoms with E-state index in [0.717, 1.165) is 50.1 Å². The van der Waals surface area contributed by atoms with E-state index >= 15 is 0 Å². The van der Waals surface area contributed by atoms with E-state index in [0.29, 0.717) is 5.92 Å². The van der Waals surface area contributed by atoms with E-state index in [4.69, 9.17) is 12.2 Å². The van der Waals surface area contributed by atoms with Gasteiger partial charge >= 0.3 is 0 Å². The molecule has 2 heterocycles. The number of rotatable bonds is 5. The molecule has 0 unspecified atom stereocenters. The van der Waals surface area contributed by atoms with Crippen LogP contribution in [0.1, 0.15) is 43.5 Å². The molecule has 0 aliphatic carbocycles. The van der Waals surface area contributed by atoms with Gasteiger partial charge in [0, 0.05) is 56.2 Å². The Bertz CT molecular complexity index is 757. The molecule has 27 heavy (non-hydrogen) atoms. The molecule has 146 valence electrons. The van der Waals surface area contributed by atoms with Gasteiger partial charge in [-0.15, -0.1) is 0 Å². The maximum Gasteiger partial charge on any atom is 0.173 e. The fourth-order valence-corrected chi connectivity index (χ4v) is 3.76. The fourth-order valence-electron chi connectivity index (χ4n) is 3.46. The Balaban J connectivity index is 1.49. The first-order valence-corrected chi connectivity index (χ1v) is 10.3. The third kappa shape index (κ3) is 4.87. The van der Waals surface area contributed by atoms with Crippen LogP contribution in [0, 0.1) is 6.92 Å². The van der Waals surface area contributed by atoms with Gasteiger partial charge in [-0.2, -0.15) is 5.10 Å². The minimum atomic E-state index is 0.548. The van der Waals surface area contributed by atoms with Gasteiger partial charge in [0.25, 0.3) is 0 Å². The van der Waals surface area contributed by atoms with Crippen LogP contribution in [0.4, 0.5) is 5.69 Å². The van der Waals surface area contributed by atoms with Gasteiger partial charge in [-0.1, -0.05) is 26.0 Å². The Morgan fingerprint density at radius 3 is 2.37 bits per heavy atom. The smallest absolute Gasteiger partial charge is 0.173 e. The first-order valence-electron chi connectivity index (χ1n) is 9.87. The standard InChI is InChI=1S/C21H31N5S/c1-5-26-17(4)19(14-22-26)15-24-10-12-25(13-11-24)21(27)23-20-8-6-18(7-9-20)16(2)3/h6-9,14,16H,5,10-13,15H2,1-4H3,(H,23,27). The number of aryl methyl sites for hydroxylation is 1. The van der Waals surface area contributed by atoms with Crippen LogP contribution in [0.2, 0.25) is 0 Å². The number of hydrogen-bond acceptors (Lipinski definition) is 3. The molecule has 1 N–H and O–H groups in total. The van der Waals surface area contributed by atoms with Crippen molar-refractivity contribution in [2.24, 2.45) is 0 Å². The molecule has 3 rings (SSSR count). The topological polar surface area (TPSA) is 36.3 Å². The van der Waals surface area contributed by atoms with Crippen LogP contribution >= 0.6 is 12.2 Å². The zero-order chi connectivity index (χ0) is 19.4. The molecular formula is C21H31N5S. The van der Waals surface area contributed by atoms with Gasteiger partial charge in [-0.05, 0) is 49.7 Å². The van der Waals surface area contributed by atoms with E-state index < -0.39 is 0 Å². The number of anilines is 1. The van der Waals surface area contributed by atoms with E-state index in [9.17, 15) is 0 Å². The normalized spacial score (nSPS) is 15.4. The van der Waals surface area contributed by atoms with Crippen LogP contribution in [-0.2, 0) is 13.1 Å². The van der Waals surface area contributed by atoms with Crippen LogP contribution < -0.4 is 5.32 Å². The number of nitrogens with one attached hydrogen (secondary N) is 1. The lowest BCUT2D eigenvalue weighted by Gasteiger charge is -2.36. The summed E-state index contributed by atoms with van der Waals surface area (Å²) in [6, 6.07) is 8.58. The van der Waals surface area contributed by atoms with Crippen molar-refractivity contribution in [2.45, 2.75) is 46.7 Å². The number of aromatic nitrogens is 2. The number of thiocarbonyl (C=S) groups is 1. The summed E-state index contributed by atoms with van der Waals surface area (Å²) in [7, 11) is 0. The second-order valence-electron chi connectivity index (χ2n) is 7.54. The summed E-state index contributed by atoms with van der Waals surface area (Å²) < 4.78 is 2.06. The third-order valence-electron chi connectivity index (χ3n) is 5.39. The molecule has 1 aliphatic heterocycles. The molecule has 0 bridgehead atoms. The van der Waals surface area contributed by atoms with Crippen molar-refractivity contribution in [3.8, 4) is 0 Å². The summed E-state index contributed by atoms with van der Waals surface area (Å²) in [6.45, 7) is 14.6. The van der Waals surface area contributed by atoms with Crippen LogP contribution in [0.5, 0.6) is 0 Å². The predicted molar refractivity (Wildman–Crippen MR) is 116 cm³/mol. The van der Waals surface area contributed by atoms with Crippen LogP contribution in [0.25, 0.3) is 0 Å². The fraction of sp³-hybridized carbons (Fsp3) is 0.524. The van der Waals surface area contributed by atoms with Gasteiger partial charge in [-0.3, -0.25) is 9.58 Å². The molecule has 5 nitrogen and oxygen atoms in total.